The van der Waals surface area contributed by atoms with Crippen molar-refractivity contribution >= 4 is 0 Å². The molecule has 0 aliphatic heterocycles. The van der Waals surface area contributed by atoms with E-state index >= 15 is 0 Å². The highest BCUT2D eigenvalue weighted by atomic mass is 14.6. The molecule has 0 heteroatoms. The van der Waals surface area contributed by atoms with Crippen LogP contribution in [-0.4, -0.2) is 0 Å². The quantitative estimate of drug-likeness (QED) is 0.579. The Bertz CT molecular complexity index is 314. The third-order valence-electron chi connectivity index (χ3n) is 5.82. The average molecular weight is 234 g/mol. The van der Waals surface area contributed by atoms with Crippen molar-refractivity contribution in [3.05, 3.63) is 12.2 Å². The average Bonchev–Trinajstić information content (AvgIpc) is 2.80. The van der Waals surface area contributed by atoms with Gasteiger partial charge in [0, 0.05) is 0 Å². The predicted molar refractivity (Wildman–Crippen MR) is 75.9 cm³/mol. The monoisotopic (exact) mass is 234 g/mol. The van der Waals surface area contributed by atoms with Crippen LogP contribution in [0, 0.1) is 34.5 Å². The minimum absolute atomic E-state index is 0.447. The molecule has 1 saturated carbocycles. The summed E-state index contributed by atoms with van der Waals surface area (Å²) in [6.07, 6.45) is 9.27. The smallest absolute Gasteiger partial charge is 0.0113 e. The van der Waals surface area contributed by atoms with Crippen LogP contribution < -0.4 is 0 Å². The van der Waals surface area contributed by atoms with E-state index in [4.69, 9.17) is 0 Å². The lowest BCUT2D eigenvalue weighted by molar-refractivity contribution is 0.157. The van der Waals surface area contributed by atoms with Crippen molar-refractivity contribution in [3.8, 4) is 0 Å². The predicted octanol–water partition coefficient (Wildman–Crippen LogP) is 5.30. The van der Waals surface area contributed by atoms with Gasteiger partial charge >= 0.3 is 0 Å². The molecule has 0 aromatic rings. The Morgan fingerprint density at radius 1 is 1.29 bits per heavy atom. The Labute approximate surface area is 108 Å². The van der Waals surface area contributed by atoms with Crippen LogP contribution in [0.25, 0.3) is 0 Å². The molecular weight excluding hydrogens is 204 g/mol. The van der Waals surface area contributed by atoms with Crippen molar-refractivity contribution in [1.29, 1.82) is 0 Å². The van der Waals surface area contributed by atoms with Gasteiger partial charge in [0.2, 0.25) is 0 Å². The summed E-state index contributed by atoms with van der Waals surface area (Å²) in [6.45, 7) is 14.5. The molecule has 2 rings (SSSR count). The Morgan fingerprint density at radius 2 is 1.94 bits per heavy atom. The molecule has 2 aliphatic rings. The number of hydrogen-bond acceptors (Lipinski definition) is 0. The van der Waals surface area contributed by atoms with Crippen molar-refractivity contribution in [1.82, 2.24) is 0 Å². The van der Waals surface area contributed by atoms with Crippen molar-refractivity contribution in [2.45, 2.75) is 60.8 Å². The van der Waals surface area contributed by atoms with Crippen LogP contribution in [-0.2, 0) is 0 Å². The van der Waals surface area contributed by atoms with Gasteiger partial charge in [-0.3, -0.25) is 0 Å². The van der Waals surface area contributed by atoms with E-state index in [1.807, 2.05) is 0 Å². The summed E-state index contributed by atoms with van der Waals surface area (Å²) in [5.41, 5.74) is 1.07. The Kier molecular flexibility index (Phi) is 3.21. The maximum absolute atomic E-state index is 2.56. The van der Waals surface area contributed by atoms with E-state index in [-0.39, 0.29) is 0 Å². The topological polar surface area (TPSA) is 0 Å². The minimum Gasteiger partial charge on any atom is -0.0840 e. The van der Waals surface area contributed by atoms with E-state index in [2.05, 4.69) is 53.7 Å². The van der Waals surface area contributed by atoms with Crippen LogP contribution in [0.1, 0.15) is 60.8 Å². The molecule has 17 heavy (non-hydrogen) atoms. The Balaban J connectivity index is 2.09. The lowest BCUT2D eigenvalue weighted by Gasteiger charge is -2.36. The standard InChI is InChI=1S/C17H30/c1-7-14-11-17(14,6)15-8-9-16(5,13(15)4)10-12(2)3/h8-9,12-15H,7,10-11H2,1-6H3. The van der Waals surface area contributed by atoms with E-state index in [1.54, 1.807) is 0 Å². The third-order valence-corrected chi connectivity index (χ3v) is 5.82. The van der Waals surface area contributed by atoms with E-state index in [0.717, 1.165) is 23.7 Å². The molecule has 1 fully saturated rings. The van der Waals surface area contributed by atoms with Gasteiger partial charge in [-0.15, -0.1) is 0 Å². The zero-order chi connectivity index (χ0) is 12.8. The van der Waals surface area contributed by atoms with E-state index in [0.29, 0.717) is 10.8 Å². The molecule has 0 amide bonds. The minimum atomic E-state index is 0.447. The lowest BCUT2D eigenvalue weighted by atomic mass is 9.69. The van der Waals surface area contributed by atoms with Gasteiger partial charge < -0.3 is 0 Å². The number of hydrogen-bond donors (Lipinski definition) is 0. The molecule has 2 aliphatic carbocycles. The molecule has 0 bridgehead atoms. The first-order valence-corrected chi connectivity index (χ1v) is 7.53. The molecule has 0 radical (unpaired) electrons. The van der Waals surface area contributed by atoms with Crippen LogP contribution in [0.15, 0.2) is 12.2 Å². The SMILES string of the molecule is CCC1CC1(C)C1C=CC(C)(CC(C)C)C1C. The highest BCUT2D eigenvalue weighted by molar-refractivity contribution is 5.20. The number of allylic oxidation sites excluding steroid dienone is 2. The first-order valence-electron chi connectivity index (χ1n) is 7.53. The number of rotatable bonds is 4. The van der Waals surface area contributed by atoms with Crippen molar-refractivity contribution in [2.24, 2.45) is 34.5 Å². The second-order valence-corrected chi connectivity index (χ2v) is 7.59. The second-order valence-electron chi connectivity index (χ2n) is 7.59. The van der Waals surface area contributed by atoms with Crippen LogP contribution >= 0.6 is 0 Å². The first-order chi connectivity index (χ1) is 7.83. The maximum atomic E-state index is 2.56. The fourth-order valence-corrected chi connectivity index (χ4v) is 4.47. The molecule has 0 saturated heterocycles. The summed E-state index contributed by atoms with van der Waals surface area (Å²) in [5, 5.41) is 0. The normalized spacial score (nSPS) is 49.0. The van der Waals surface area contributed by atoms with Crippen LogP contribution in [0.3, 0.4) is 0 Å². The van der Waals surface area contributed by atoms with Crippen LogP contribution in [0.5, 0.6) is 0 Å². The summed E-state index contributed by atoms with van der Waals surface area (Å²) in [5.74, 6) is 3.45. The van der Waals surface area contributed by atoms with Crippen molar-refractivity contribution < 1.29 is 0 Å². The summed E-state index contributed by atoms with van der Waals surface area (Å²) in [6, 6.07) is 0. The highest BCUT2D eigenvalue weighted by Crippen LogP contribution is 2.65. The molecule has 0 nitrogen and oxygen atoms in total. The van der Waals surface area contributed by atoms with Crippen molar-refractivity contribution in [2.75, 3.05) is 0 Å². The van der Waals surface area contributed by atoms with Gasteiger partial charge in [0.25, 0.3) is 0 Å². The van der Waals surface area contributed by atoms with Gasteiger partial charge in [0.05, 0.1) is 0 Å². The van der Waals surface area contributed by atoms with Gasteiger partial charge in [-0.05, 0) is 47.3 Å². The third kappa shape index (κ3) is 2.09. The van der Waals surface area contributed by atoms with Gasteiger partial charge in [-0.2, -0.15) is 0 Å². The molecule has 5 atom stereocenters. The van der Waals surface area contributed by atoms with E-state index in [1.165, 1.54) is 19.3 Å². The summed E-state index contributed by atoms with van der Waals surface area (Å²) < 4.78 is 0. The largest absolute Gasteiger partial charge is 0.0840 e. The van der Waals surface area contributed by atoms with Gasteiger partial charge in [0.1, 0.15) is 0 Å². The zero-order valence-electron chi connectivity index (χ0n) is 12.6. The Hall–Kier alpha value is -0.260. The van der Waals surface area contributed by atoms with E-state index in [9.17, 15) is 0 Å². The fraction of sp³-hybridized carbons (Fsp3) is 0.882. The van der Waals surface area contributed by atoms with E-state index < -0.39 is 0 Å². The first kappa shape index (κ1) is 13.2. The van der Waals surface area contributed by atoms with Gasteiger partial charge in [-0.1, -0.05) is 60.1 Å². The fourth-order valence-electron chi connectivity index (χ4n) is 4.47. The van der Waals surface area contributed by atoms with Crippen molar-refractivity contribution in [3.63, 3.8) is 0 Å². The summed E-state index contributed by atoms with van der Waals surface area (Å²) in [4.78, 5) is 0. The second kappa shape index (κ2) is 4.14. The molecular formula is C17H30. The summed E-state index contributed by atoms with van der Waals surface area (Å²) in [7, 11) is 0. The highest BCUT2D eigenvalue weighted by Gasteiger charge is 2.57. The molecule has 0 aromatic carbocycles. The van der Waals surface area contributed by atoms with Crippen LogP contribution in [0.2, 0.25) is 0 Å². The summed E-state index contributed by atoms with van der Waals surface area (Å²) >= 11 is 0. The molecule has 0 spiro atoms. The zero-order valence-corrected chi connectivity index (χ0v) is 12.6. The van der Waals surface area contributed by atoms with Gasteiger partial charge in [-0.25, -0.2) is 0 Å². The molecule has 0 heterocycles. The van der Waals surface area contributed by atoms with Gasteiger partial charge in [0.15, 0.2) is 0 Å². The molecule has 0 N–H and O–H groups in total. The molecule has 5 unspecified atom stereocenters. The lowest BCUT2D eigenvalue weighted by Crippen LogP contribution is -2.29. The maximum Gasteiger partial charge on any atom is -0.0113 e. The molecule has 0 aromatic heterocycles. The molecule has 98 valence electrons. The van der Waals surface area contributed by atoms with Crippen LogP contribution in [0.4, 0.5) is 0 Å². The Morgan fingerprint density at radius 3 is 2.41 bits per heavy atom.